The summed E-state index contributed by atoms with van der Waals surface area (Å²) in [7, 11) is 0. The van der Waals surface area contributed by atoms with Crippen molar-refractivity contribution < 1.29 is 4.79 Å². The van der Waals surface area contributed by atoms with Gasteiger partial charge in [-0.15, -0.1) is 0 Å². The van der Waals surface area contributed by atoms with Crippen LogP contribution in [0.4, 0.5) is 11.6 Å². The van der Waals surface area contributed by atoms with Crippen LogP contribution in [0.3, 0.4) is 0 Å². The molecular formula is C23H24N4O. The zero-order valence-electron chi connectivity index (χ0n) is 16.0. The predicted octanol–water partition coefficient (Wildman–Crippen LogP) is 4.31. The Hall–Kier alpha value is -3.21. The molecule has 142 valence electrons. The first kappa shape index (κ1) is 18.2. The molecule has 1 aliphatic rings. The van der Waals surface area contributed by atoms with Crippen LogP contribution in [0.2, 0.25) is 0 Å². The Labute approximate surface area is 165 Å². The van der Waals surface area contributed by atoms with Gasteiger partial charge < -0.3 is 10.2 Å². The van der Waals surface area contributed by atoms with Crippen LogP contribution in [0.1, 0.15) is 18.4 Å². The molecule has 1 saturated heterocycles. The van der Waals surface area contributed by atoms with Gasteiger partial charge in [-0.2, -0.15) is 0 Å². The van der Waals surface area contributed by atoms with Gasteiger partial charge in [0.2, 0.25) is 11.9 Å². The lowest BCUT2D eigenvalue weighted by Gasteiger charge is -2.32. The van der Waals surface area contributed by atoms with Crippen LogP contribution in [-0.4, -0.2) is 29.0 Å². The van der Waals surface area contributed by atoms with Crippen molar-refractivity contribution in [2.24, 2.45) is 5.92 Å². The van der Waals surface area contributed by atoms with E-state index in [-0.39, 0.29) is 11.8 Å². The highest BCUT2D eigenvalue weighted by atomic mass is 16.1. The zero-order valence-corrected chi connectivity index (χ0v) is 16.0. The van der Waals surface area contributed by atoms with E-state index in [2.05, 4.69) is 20.2 Å². The summed E-state index contributed by atoms with van der Waals surface area (Å²) in [6.45, 7) is 3.54. The summed E-state index contributed by atoms with van der Waals surface area (Å²) in [5.74, 6) is 0.690. The Kier molecular flexibility index (Phi) is 5.33. The molecule has 5 nitrogen and oxygen atoms in total. The number of aryl methyl sites for hydroxylation is 1. The van der Waals surface area contributed by atoms with Gasteiger partial charge in [0.05, 0.1) is 5.92 Å². The molecule has 3 aromatic rings. The topological polar surface area (TPSA) is 58.1 Å². The lowest BCUT2D eigenvalue weighted by atomic mass is 9.97. The second-order valence-electron chi connectivity index (χ2n) is 7.28. The van der Waals surface area contributed by atoms with Crippen molar-refractivity contribution >= 4 is 17.5 Å². The van der Waals surface area contributed by atoms with Crippen molar-refractivity contribution in [2.75, 3.05) is 23.3 Å². The standard InChI is InChI=1S/C23H24N4O/c1-17-7-5-11-21(13-17)26-22(28)19-10-6-12-27(16-19)23-24-14-20(15-25-23)18-8-3-2-4-9-18/h2-5,7-9,11,13-15,19H,6,10,12,16H2,1H3,(H,26,28). The van der Waals surface area contributed by atoms with Gasteiger partial charge in [-0.25, -0.2) is 9.97 Å². The van der Waals surface area contributed by atoms with E-state index in [4.69, 9.17) is 0 Å². The Morgan fingerprint density at radius 3 is 2.57 bits per heavy atom. The molecule has 0 radical (unpaired) electrons. The molecule has 0 saturated carbocycles. The summed E-state index contributed by atoms with van der Waals surface area (Å²) >= 11 is 0. The third kappa shape index (κ3) is 4.19. The normalized spacial score (nSPS) is 16.6. The maximum atomic E-state index is 12.7. The largest absolute Gasteiger partial charge is 0.340 e. The summed E-state index contributed by atoms with van der Waals surface area (Å²) < 4.78 is 0. The number of nitrogens with zero attached hydrogens (tertiary/aromatic N) is 3. The van der Waals surface area contributed by atoms with Crippen LogP contribution in [0.25, 0.3) is 11.1 Å². The summed E-state index contributed by atoms with van der Waals surface area (Å²) in [6.07, 6.45) is 5.55. The number of aromatic nitrogens is 2. The summed E-state index contributed by atoms with van der Waals surface area (Å²) in [5.41, 5.74) is 4.08. The highest BCUT2D eigenvalue weighted by Gasteiger charge is 2.27. The number of anilines is 2. The number of carbonyl (C=O) groups is 1. The Morgan fingerprint density at radius 2 is 1.82 bits per heavy atom. The molecule has 0 spiro atoms. The molecule has 5 heteroatoms. The van der Waals surface area contributed by atoms with Crippen LogP contribution in [0.15, 0.2) is 67.0 Å². The molecule has 1 amide bonds. The molecule has 1 atom stereocenters. The van der Waals surface area contributed by atoms with Gasteiger partial charge >= 0.3 is 0 Å². The highest BCUT2D eigenvalue weighted by molar-refractivity contribution is 5.93. The number of rotatable bonds is 4. The maximum absolute atomic E-state index is 12.7. The summed E-state index contributed by atoms with van der Waals surface area (Å²) in [4.78, 5) is 23.9. The minimum Gasteiger partial charge on any atom is -0.340 e. The number of hydrogen-bond acceptors (Lipinski definition) is 4. The lowest BCUT2D eigenvalue weighted by Crippen LogP contribution is -2.41. The van der Waals surface area contributed by atoms with E-state index < -0.39 is 0 Å². The van der Waals surface area contributed by atoms with Crippen molar-refractivity contribution in [1.82, 2.24) is 9.97 Å². The Morgan fingerprint density at radius 1 is 1.04 bits per heavy atom. The fourth-order valence-corrected chi connectivity index (χ4v) is 3.60. The van der Waals surface area contributed by atoms with Gasteiger partial charge in [0.1, 0.15) is 0 Å². The minimum atomic E-state index is -0.0633. The van der Waals surface area contributed by atoms with Gasteiger partial charge in [0, 0.05) is 36.7 Å². The molecular weight excluding hydrogens is 348 g/mol. The molecule has 1 unspecified atom stereocenters. The van der Waals surface area contributed by atoms with Crippen LogP contribution in [-0.2, 0) is 4.79 Å². The van der Waals surface area contributed by atoms with Crippen molar-refractivity contribution in [1.29, 1.82) is 0 Å². The van der Waals surface area contributed by atoms with E-state index in [0.717, 1.165) is 41.8 Å². The highest BCUT2D eigenvalue weighted by Crippen LogP contribution is 2.24. The predicted molar refractivity (Wildman–Crippen MR) is 112 cm³/mol. The number of nitrogens with one attached hydrogen (secondary N) is 1. The smallest absolute Gasteiger partial charge is 0.229 e. The van der Waals surface area contributed by atoms with Crippen LogP contribution in [0, 0.1) is 12.8 Å². The molecule has 1 aromatic heterocycles. The number of amides is 1. The number of hydrogen-bond donors (Lipinski definition) is 1. The number of piperidine rings is 1. The fourth-order valence-electron chi connectivity index (χ4n) is 3.60. The van der Waals surface area contributed by atoms with E-state index in [1.54, 1.807) is 0 Å². The fraction of sp³-hybridized carbons (Fsp3) is 0.261. The molecule has 0 bridgehead atoms. The van der Waals surface area contributed by atoms with E-state index in [1.807, 2.05) is 73.9 Å². The third-order valence-corrected chi connectivity index (χ3v) is 5.11. The number of benzene rings is 2. The first-order chi connectivity index (χ1) is 13.7. The average Bonchev–Trinajstić information content (AvgIpc) is 2.75. The van der Waals surface area contributed by atoms with E-state index >= 15 is 0 Å². The van der Waals surface area contributed by atoms with Gasteiger partial charge in [-0.1, -0.05) is 42.5 Å². The molecule has 0 aliphatic carbocycles. The van der Waals surface area contributed by atoms with Crippen LogP contribution in [0.5, 0.6) is 0 Å². The molecule has 28 heavy (non-hydrogen) atoms. The van der Waals surface area contributed by atoms with Gasteiger partial charge in [0.25, 0.3) is 0 Å². The van der Waals surface area contributed by atoms with Crippen molar-refractivity contribution in [3.05, 3.63) is 72.6 Å². The average molecular weight is 372 g/mol. The van der Waals surface area contributed by atoms with Crippen molar-refractivity contribution in [3.8, 4) is 11.1 Å². The SMILES string of the molecule is Cc1cccc(NC(=O)C2CCCN(c3ncc(-c4ccccc4)cn3)C2)c1. The van der Waals surface area contributed by atoms with Gasteiger partial charge in [-0.3, -0.25) is 4.79 Å². The molecule has 1 N–H and O–H groups in total. The van der Waals surface area contributed by atoms with Gasteiger partial charge in [-0.05, 0) is 43.0 Å². The Bertz CT molecular complexity index is 940. The van der Waals surface area contributed by atoms with Crippen LogP contribution >= 0.6 is 0 Å². The lowest BCUT2D eigenvalue weighted by molar-refractivity contribution is -0.120. The molecule has 4 rings (SSSR count). The first-order valence-electron chi connectivity index (χ1n) is 9.69. The van der Waals surface area contributed by atoms with Gasteiger partial charge in [0.15, 0.2) is 0 Å². The van der Waals surface area contributed by atoms with E-state index in [9.17, 15) is 4.79 Å². The number of carbonyl (C=O) groups excluding carboxylic acids is 1. The molecule has 2 heterocycles. The molecule has 1 aliphatic heterocycles. The molecule has 1 fully saturated rings. The third-order valence-electron chi connectivity index (χ3n) is 5.11. The Balaban J connectivity index is 1.42. The van der Waals surface area contributed by atoms with Crippen LogP contribution < -0.4 is 10.2 Å². The zero-order chi connectivity index (χ0) is 19.3. The summed E-state index contributed by atoms with van der Waals surface area (Å²) in [5, 5.41) is 3.05. The quantitative estimate of drug-likeness (QED) is 0.741. The second-order valence-corrected chi connectivity index (χ2v) is 7.28. The second kappa shape index (κ2) is 8.21. The van der Waals surface area contributed by atoms with Crippen molar-refractivity contribution in [2.45, 2.75) is 19.8 Å². The maximum Gasteiger partial charge on any atom is 0.229 e. The summed E-state index contributed by atoms with van der Waals surface area (Å²) in [6, 6.07) is 18.0. The first-order valence-corrected chi connectivity index (χ1v) is 9.69. The van der Waals surface area contributed by atoms with E-state index in [1.165, 1.54) is 0 Å². The molecule has 2 aromatic carbocycles. The monoisotopic (exact) mass is 372 g/mol. The van der Waals surface area contributed by atoms with E-state index in [0.29, 0.717) is 12.5 Å². The van der Waals surface area contributed by atoms with Crippen molar-refractivity contribution in [3.63, 3.8) is 0 Å². The minimum absolute atomic E-state index is 0.0633.